The minimum atomic E-state index is 0.111. The van der Waals surface area contributed by atoms with E-state index in [1.54, 1.807) is 0 Å². The summed E-state index contributed by atoms with van der Waals surface area (Å²) in [6.07, 6.45) is 0.925. The third-order valence-corrected chi connectivity index (χ3v) is 2.67. The number of aromatic nitrogens is 1. The molecule has 0 aliphatic rings. The number of fused-ring (bicyclic) bond motifs is 1. The Hall–Kier alpha value is -1.22. The molecule has 1 heterocycles. The number of halogens is 1. The summed E-state index contributed by atoms with van der Waals surface area (Å²) < 4.78 is 5.48. The van der Waals surface area contributed by atoms with E-state index >= 15 is 0 Å². The summed E-state index contributed by atoms with van der Waals surface area (Å²) in [4.78, 5) is 4.28. The van der Waals surface area contributed by atoms with Gasteiger partial charge < -0.3 is 9.73 Å². The van der Waals surface area contributed by atoms with Crippen LogP contribution in [0.3, 0.4) is 0 Å². The van der Waals surface area contributed by atoms with Crippen LogP contribution in [0.15, 0.2) is 28.7 Å². The van der Waals surface area contributed by atoms with Crippen LogP contribution in [0, 0.1) is 0 Å². The van der Waals surface area contributed by atoms with Crippen LogP contribution in [0.1, 0.15) is 13.3 Å². The maximum Gasteiger partial charge on any atom is 0.295 e. The Kier molecular flexibility index (Phi) is 3.11. The number of alkyl halides is 1. The summed E-state index contributed by atoms with van der Waals surface area (Å²) in [5.74, 6) is 0. The smallest absolute Gasteiger partial charge is 0.295 e. The van der Waals surface area contributed by atoms with Gasteiger partial charge in [-0.05, 0) is 18.6 Å². The molecule has 0 aliphatic heterocycles. The Bertz CT molecular complexity index is 408. The molecule has 0 aliphatic carbocycles. The SMILES string of the molecule is CCC(Cl)CNc1nc2ccccc2o1. The Labute approximate surface area is 93.4 Å². The van der Waals surface area contributed by atoms with E-state index in [1.807, 2.05) is 31.2 Å². The Balaban J connectivity index is 2.09. The summed E-state index contributed by atoms with van der Waals surface area (Å²) in [5, 5.41) is 3.19. The number of rotatable bonds is 4. The summed E-state index contributed by atoms with van der Waals surface area (Å²) >= 11 is 5.98. The fourth-order valence-corrected chi connectivity index (χ4v) is 1.37. The van der Waals surface area contributed by atoms with Gasteiger partial charge in [-0.2, -0.15) is 4.98 Å². The molecule has 2 rings (SSSR count). The molecule has 0 bridgehead atoms. The lowest BCUT2D eigenvalue weighted by molar-refractivity contribution is 0.612. The first-order valence-corrected chi connectivity index (χ1v) is 5.46. The van der Waals surface area contributed by atoms with Gasteiger partial charge in [0.2, 0.25) is 0 Å². The van der Waals surface area contributed by atoms with E-state index < -0.39 is 0 Å². The highest BCUT2D eigenvalue weighted by molar-refractivity contribution is 6.20. The number of nitrogens with zero attached hydrogens (tertiary/aromatic N) is 1. The molecule has 0 spiro atoms. The standard InChI is InChI=1S/C11H13ClN2O/c1-2-8(12)7-13-11-14-9-5-3-4-6-10(9)15-11/h3-6,8H,2,7H2,1H3,(H,13,14). The third-order valence-electron chi connectivity index (χ3n) is 2.21. The molecule has 80 valence electrons. The van der Waals surface area contributed by atoms with Crippen molar-refractivity contribution in [1.29, 1.82) is 0 Å². The number of hydrogen-bond donors (Lipinski definition) is 1. The molecule has 1 N–H and O–H groups in total. The van der Waals surface area contributed by atoms with Gasteiger partial charge in [-0.15, -0.1) is 11.6 Å². The van der Waals surface area contributed by atoms with E-state index in [1.165, 1.54) is 0 Å². The van der Waals surface area contributed by atoms with E-state index in [-0.39, 0.29) is 5.38 Å². The predicted molar refractivity (Wildman–Crippen MR) is 62.4 cm³/mol. The lowest BCUT2D eigenvalue weighted by Crippen LogP contribution is -2.12. The summed E-state index contributed by atoms with van der Waals surface area (Å²) in [5.41, 5.74) is 1.66. The topological polar surface area (TPSA) is 38.1 Å². The Morgan fingerprint density at radius 2 is 2.27 bits per heavy atom. The van der Waals surface area contributed by atoms with E-state index in [9.17, 15) is 0 Å². The third kappa shape index (κ3) is 2.42. The van der Waals surface area contributed by atoms with Crippen molar-refractivity contribution in [2.24, 2.45) is 0 Å². The molecule has 1 atom stereocenters. The van der Waals surface area contributed by atoms with Gasteiger partial charge in [0.15, 0.2) is 5.58 Å². The molecule has 2 aromatic rings. The molecule has 4 heteroatoms. The first-order valence-electron chi connectivity index (χ1n) is 5.03. The summed E-state index contributed by atoms with van der Waals surface area (Å²) in [7, 11) is 0. The molecule has 0 saturated heterocycles. The quantitative estimate of drug-likeness (QED) is 0.811. The van der Waals surface area contributed by atoms with Crippen molar-refractivity contribution in [3.05, 3.63) is 24.3 Å². The lowest BCUT2D eigenvalue weighted by Gasteiger charge is -2.05. The zero-order valence-corrected chi connectivity index (χ0v) is 9.29. The number of hydrogen-bond acceptors (Lipinski definition) is 3. The van der Waals surface area contributed by atoms with Crippen molar-refractivity contribution >= 4 is 28.7 Å². The van der Waals surface area contributed by atoms with Crippen molar-refractivity contribution in [2.45, 2.75) is 18.7 Å². The first kappa shape index (κ1) is 10.3. The highest BCUT2D eigenvalue weighted by atomic mass is 35.5. The molecular weight excluding hydrogens is 212 g/mol. The van der Waals surface area contributed by atoms with Crippen LogP contribution in [-0.4, -0.2) is 16.9 Å². The molecule has 1 aromatic heterocycles. The number of oxazole rings is 1. The van der Waals surface area contributed by atoms with E-state index in [0.717, 1.165) is 17.5 Å². The molecule has 0 amide bonds. The van der Waals surface area contributed by atoms with Gasteiger partial charge in [-0.3, -0.25) is 0 Å². The fraction of sp³-hybridized carbons (Fsp3) is 0.364. The van der Waals surface area contributed by atoms with E-state index in [2.05, 4.69) is 10.3 Å². The molecule has 3 nitrogen and oxygen atoms in total. The zero-order chi connectivity index (χ0) is 10.7. The van der Waals surface area contributed by atoms with Crippen molar-refractivity contribution < 1.29 is 4.42 Å². The van der Waals surface area contributed by atoms with Crippen LogP contribution < -0.4 is 5.32 Å². The average Bonchev–Trinajstić information content (AvgIpc) is 2.68. The number of nitrogens with one attached hydrogen (secondary N) is 1. The molecule has 0 radical (unpaired) electrons. The lowest BCUT2D eigenvalue weighted by atomic mass is 10.3. The minimum Gasteiger partial charge on any atom is -0.424 e. The second kappa shape index (κ2) is 4.53. The van der Waals surface area contributed by atoms with Gasteiger partial charge in [-0.1, -0.05) is 19.1 Å². The Morgan fingerprint density at radius 1 is 1.47 bits per heavy atom. The minimum absolute atomic E-state index is 0.111. The van der Waals surface area contributed by atoms with Gasteiger partial charge in [0, 0.05) is 6.54 Å². The van der Waals surface area contributed by atoms with Gasteiger partial charge in [0.05, 0.1) is 5.38 Å². The van der Waals surface area contributed by atoms with Crippen LogP contribution in [-0.2, 0) is 0 Å². The fourth-order valence-electron chi connectivity index (χ4n) is 1.29. The average molecular weight is 225 g/mol. The van der Waals surface area contributed by atoms with Gasteiger partial charge in [0.25, 0.3) is 6.01 Å². The van der Waals surface area contributed by atoms with Crippen LogP contribution in [0.4, 0.5) is 6.01 Å². The van der Waals surface area contributed by atoms with E-state index in [0.29, 0.717) is 12.6 Å². The molecular formula is C11H13ClN2O. The predicted octanol–water partition coefficient (Wildman–Crippen LogP) is 3.26. The maximum atomic E-state index is 5.98. The molecule has 0 fully saturated rings. The van der Waals surface area contributed by atoms with Crippen molar-refractivity contribution in [1.82, 2.24) is 4.98 Å². The van der Waals surface area contributed by atoms with Gasteiger partial charge >= 0.3 is 0 Å². The van der Waals surface area contributed by atoms with Gasteiger partial charge in [0.1, 0.15) is 5.52 Å². The second-order valence-corrected chi connectivity index (χ2v) is 3.99. The summed E-state index contributed by atoms with van der Waals surface area (Å²) in [6, 6.07) is 8.21. The monoisotopic (exact) mass is 224 g/mol. The molecule has 0 saturated carbocycles. The maximum absolute atomic E-state index is 5.98. The van der Waals surface area contributed by atoms with Crippen LogP contribution in [0.5, 0.6) is 0 Å². The van der Waals surface area contributed by atoms with Crippen LogP contribution >= 0.6 is 11.6 Å². The van der Waals surface area contributed by atoms with Crippen LogP contribution in [0.2, 0.25) is 0 Å². The van der Waals surface area contributed by atoms with Crippen molar-refractivity contribution in [3.63, 3.8) is 0 Å². The van der Waals surface area contributed by atoms with E-state index in [4.69, 9.17) is 16.0 Å². The van der Waals surface area contributed by atoms with Crippen molar-refractivity contribution in [3.8, 4) is 0 Å². The zero-order valence-electron chi connectivity index (χ0n) is 8.53. The van der Waals surface area contributed by atoms with Crippen LogP contribution in [0.25, 0.3) is 11.1 Å². The van der Waals surface area contributed by atoms with Gasteiger partial charge in [-0.25, -0.2) is 0 Å². The normalized spacial score (nSPS) is 12.9. The Morgan fingerprint density at radius 3 is 3.00 bits per heavy atom. The molecule has 1 unspecified atom stereocenters. The first-order chi connectivity index (χ1) is 7.29. The number of benzene rings is 1. The second-order valence-electron chi connectivity index (χ2n) is 3.37. The van der Waals surface area contributed by atoms with Crippen molar-refractivity contribution in [2.75, 3.05) is 11.9 Å². The molecule has 15 heavy (non-hydrogen) atoms. The number of anilines is 1. The summed E-state index contributed by atoms with van der Waals surface area (Å²) in [6.45, 7) is 2.72. The number of para-hydroxylation sites is 2. The highest BCUT2D eigenvalue weighted by Crippen LogP contribution is 2.18. The molecule has 1 aromatic carbocycles. The largest absolute Gasteiger partial charge is 0.424 e. The highest BCUT2D eigenvalue weighted by Gasteiger charge is 2.06.